The molecule has 0 unspecified atom stereocenters. The molecule has 7 nitrogen and oxygen atoms in total. The number of H-pyrrole nitrogens is 1. The molecule has 0 saturated carbocycles. The maximum Gasteiger partial charge on any atom is 0.358 e. The number of rotatable bonds is 2. The molecule has 0 amide bonds. The van der Waals surface area contributed by atoms with Gasteiger partial charge in [-0.2, -0.15) is 5.10 Å². The van der Waals surface area contributed by atoms with Crippen molar-refractivity contribution >= 4 is 16.0 Å². The van der Waals surface area contributed by atoms with Crippen molar-refractivity contribution in [3.8, 4) is 0 Å². The summed E-state index contributed by atoms with van der Waals surface area (Å²) in [5, 5.41) is 9.93. The maximum atomic E-state index is 10.8. The highest BCUT2D eigenvalue weighted by molar-refractivity contribution is 7.89. The number of sulfonamides is 1. The van der Waals surface area contributed by atoms with Crippen molar-refractivity contribution in [2.75, 3.05) is 7.11 Å². The summed E-state index contributed by atoms with van der Waals surface area (Å²) in [5.41, 5.74) is -0.133. The van der Waals surface area contributed by atoms with Crippen molar-refractivity contribution < 1.29 is 17.9 Å². The third-order valence-corrected chi connectivity index (χ3v) is 2.08. The lowest BCUT2D eigenvalue weighted by atomic mass is 10.4. The SMILES string of the molecule is COC(=O)c1cc(S(N)(=O)=O)[nH]n1. The summed E-state index contributed by atoms with van der Waals surface area (Å²) in [5.74, 6) is -0.730. The van der Waals surface area contributed by atoms with Crippen LogP contribution < -0.4 is 5.14 Å². The molecule has 0 saturated heterocycles. The molecule has 8 heteroatoms. The van der Waals surface area contributed by atoms with Gasteiger partial charge in [0.2, 0.25) is 0 Å². The average Bonchev–Trinajstić information content (AvgIpc) is 2.50. The fourth-order valence-electron chi connectivity index (χ4n) is 0.659. The molecule has 0 aromatic carbocycles. The Bertz CT molecular complexity index is 421. The standard InChI is InChI=1S/C5H7N3O4S/c1-12-5(9)3-2-4(8-7-3)13(6,10)11/h2H,1H3,(H,7,8)(H2,6,10,11). The van der Waals surface area contributed by atoms with Crippen LogP contribution in [0.2, 0.25) is 0 Å². The predicted octanol–water partition coefficient (Wildman–Crippen LogP) is -1.16. The van der Waals surface area contributed by atoms with E-state index in [9.17, 15) is 13.2 Å². The number of hydrogen-bond acceptors (Lipinski definition) is 5. The summed E-state index contributed by atoms with van der Waals surface area (Å²) in [4.78, 5) is 10.8. The molecule has 3 N–H and O–H groups in total. The lowest BCUT2D eigenvalue weighted by molar-refractivity contribution is 0.0594. The van der Waals surface area contributed by atoms with E-state index in [0.717, 1.165) is 13.2 Å². The maximum absolute atomic E-state index is 10.8. The van der Waals surface area contributed by atoms with Crippen LogP contribution in [0.1, 0.15) is 10.5 Å². The first-order chi connectivity index (χ1) is 5.95. The van der Waals surface area contributed by atoms with Gasteiger partial charge in [-0.15, -0.1) is 0 Å². The van der Waals surface area contributed by atoms with E-state index in [0.29, 0.717) is 0 Å². The summed E-state index contributed by atoms with van der Waals surface area (Å²) in [7, 11) is -2.69. The molecule has 0 bridgehead atoms. The number of nitrogens with one attached hydrogen (secondary N) is 1. The van der Waals surface area contributed by atoms with Gasteiger partial charge in [0.1, 0.15) is 0 Å². The summed E-state index contributed by atoms with van der Waals surface area (Å²) in [6.45, 7) is 0. The number of aromatic amines is 1. The smallest absolute Gasteiger partial charge is 0.358 e. The van der Waals surface area contributed by atoms with Crippen LogP contribution in [-0.4, -0.2) is 31.7 Å². The van der Waals surface area contributed by atoms with Crippen LogP contribution in [0, 0.1) is 0 Å². The number of nitrogens with two attached hydrogens (primary N) is 1. The molecule has 0 spiro atoms. The van der Waals surface area contributed by atoms with Crippen molar-refractivity contribution in [1.82, 2.24) is 10.2 Å². The molecule has 13 heavy (non-hydrogen) atoms. The summed E-state index contributed by atoms with van der Waals surface area (Å²) in [6, 6.07) is 1.00. The Balaban J connectivity index is 3.07. The van der Waals surface area contributed by atoms with Gasteiger partial charge < -0.3 is 4.74 Å². The third kappa shape index (κ3) is 2.04. The molecular formula is C5H7N3O4S. The van der Waals surface area contributed by atoms with Crippen molar-refractivity contribution in [3.63, 3.8) is 0 Å². The predicted molar refractivity (Wildman–Crippen MR) is 41.3 cm³/mol. The molecule has 1 rings (SSSR count). The van der Waals surface area contributed by atoms with E-state index in [2.05, 4.69) is 14.9 Å². The third-order valence-electron chi connectivity index (χ3n) is 1.26. The monoisotopic (exact) mass is 205 g/mol. The number of hydrogen-bond donors (Lipinski definition) is 2. The molecule has 1 aromatic heterocycles. The molecule has 0 atom stereocenters. The first-order valence-corrected chi connectivity index (χ1v) is 4.66. The Kier molecular flexibility index (Phi) is 2.34. The summed E-state index contributed by atoms with van der Waals surface area (Å²) < 4.78 is 25.7. The van der Waals surface area contributed by atoms with Gasteiger partial charge in [-0.1, -0.05) is 0 Å². The van der Waals surface area contributed by atoms with Gasteiger partial charge in [0.25, 0.3) is 10.0 Å². The van der Waals surface area contributed by atoms with Crippen molar-refractivity contribution in [2.45, 2.75) is 5.03 Å². The minimum atomic E-state index is -3.85. The highest BCUT2D eigenvalue weighted by atomic mass is 32.2. The fourth-order valence-corrected chi connectivity index (χ4v) is 1.11. The molecule has 0 aliphatic carbocycles. The van der Waals surface area contributed by atoms with Crippen molar-refractivity contribution in [2.24, 2.45) is 5.14 Å². The Hall–Kier alpha value is -1.41. The topological polar surface area (TPSA) is 115 Å². The highest BCUT2D eigenvalue weighted by Gasteiger charge is 2.16. The van der Waals surface area contributed by atoms with Crippen LogP contribution in [0.4, 0.5) is 0 Å². The van der Waals surface area contributed by atoms with Crippen LogP contribution in [-0.2, 0) is 14.8 Å². The first-order valence-electron chi connectivity index (χ1n) is 3.11. The second-order valence-corrected chi connectivity index (χ2v) is 3.68. The number of methoxy groups -OCH3 is 1. The number of carbonyl (C=O) groups is 1. The van der Waals surface area contributed by atoms with Crippen LogP contribution in [0.25, 0.3) is 0 Å². The van der Waals surface area contributed by atoms with E-state index in [1.165, 1.54) is 0 Å². The zero-order chi connectivity index (χ0) is 10.1. The Morgan fingerprint density at radius 3 is 2.69 bits per heavy atom. The number of nitrogens with zero attached hydrogens (tertiary/aromatic N) is 1. The van der Waals surface area contributed by atoms with E-state index < -0.39 is 16.0 Å². The van der Waals surface area contributed by atoms with E-state index in [-0.39, 0.29) is 10.7 Å². The molecular weight excluding hydrogens is 198 g/mol. The number of aromatic nitrogens is 2. The molecule has 0 fully saturated rings. The van der Waals surface area contributed by atoms with E-state index in [4.69, 9.17) is 5.14 Å². The largest absolute Gasteiger partial charge is 0.464 e. The van der Waals surface area contributed by atoms with Gasteiger partial charge >= 0.3 is 5.97 Å². The van der Waals surface area contributed by atoms with Gasteiger partial charge in [-0.05, 0) is 0 Å². The molecule has 1 heterocycles. The molecule has 1 aromatic rings. The Labute approximate surface area is 73.9 Å². The van der Waals surface area contributed by atoms with Gasteiger partial charge in [0.05, 0.1) is 7.11 Å². The average molecular weight is 205 g/mol. The first kappa shape index (κ1) is 9.68. The van der Waals surface area contributed by atoms with Crippen molar-refractivity contribution in [1.29, 1.82) is 0 Å². The van der Waals surface area contributed by atoms with Crippen LogP contribution in [0.5, 0.6) is 0 Å². The molecule has 72 valence electrons. The second kappa shape index (κ2) is 3.15. The minimum Gasteiger partial charge on any atom is -0.464 e. The van der Waals surface area contributed by atoms with Gasteiger partial charge in [-0.3, -0.25) is 5.10 Å². The van der Waals surface area contributed by atoms with Gasteiger partial charge in [0, 0.05) is 6.07 Å². The number of esters is 1. The lowest BCUT2D eigenvalue weighted by Gasteiger charge is -1.90. The molecule has 0 aliphatic rings. The van der Waals surface area contributed by atoms with Gasteiger partial charge in [-0.25, -0.2) is 18.4 Å². The molecule has 0 radical (unpaired) electrons. The highest BCUT2D eigenvalue weighted by Crippen LogP contribution is 2.05. The number of primary sulfonamides is 1. The minimum absolute atomic E-state index is 0.133. The van der Waals surface area contributed by atoms with Crippen molar-refractivity contribution in [3.05, 3.63) is 11.8 Å². The Morgan fingerprint density at radius 1 is 1.69 bits per heavy atom. The fraction of sp³-hybridized carbons (Fsp3) is 0.200. The Morgan fingerprint density at radius 2 is 2.31 bits per heavy atom. The lowest BCUT2D eigenvalue weighted by Crippen LogP contribution is -2.12. The number of carbonyl (C=O) groups excluding carboxylic acids is 1. The van der Waals surface area contributed by atoms with E-state index in [1.807, 2.05) is 0 Å². The second-order valence-electron chi connectivity index (χ2n) is 2.15. The number of ether oxygens (including phenoxy) is 1. The van der Waals surface area contributed by atoms with Gasteiger partial charge in [0.15, 0.2) is 10.7 Å². The zero-order valence-electron chi connectivity index (χ0n) is 6.64. The normalized spacial score (nSPS) is 11.2. The summed E-state index contributed by atoms with van der Waals surface area (Å²) >= 11 is 0. The van der Waals surface area contributed by atoms with E-state index in [1.54, 1.807) is 0 Å². The molecule has 0 aliphatic heterocycles. The van der Waals surface area contributed by atoms with Crippen LogP contribution in [0.15, 0.2) is 11.1 Å². The summed E-state index contributed by atoms with van der Waals surface area (Å²) in [6.07, 6.45) is 0. The van der Waals surface area contributed by atoms with E-state index >= 15 is 0 Å². The van der Waals surface area contributed by atoms with Crippen LogP contribution >= 0.6 is 0 Å². The quantitative estimate of drug-likeness (QED) is 0.591. The van der Waals surface area contributed by atoms with Crippen LogP contribution in [0.3, 0.4) is 0 Å². The zero-order valence-corrected chi connectivity index (χ0v) is 7.46.